The molecule has 3 aromatic rings. The number of hydrogen-bond acceptors (Lipinski definition) is 6. The number of phenols is 2. The number of ketones is 2. The van der Waals surface area contributed by atoms with Crippen molar-refractivity contribution in [3.05, 3.63) is 82.9 Å². The smallest absolute Gasteiger partial charge is 0.167 e. The summed E-state index contributed by atoms with van der Waals surface area (Å²) in [5.74, 6) is -0.830. The SMILES string of the molecule is Nc1ccc(C(=O)Cc2cc(CC(=O)c3ccc(N)cc3)c(O)cc2O)cc1. The standard InChI is InChI=1S/C22H20N2O4/c23-17-5-1-13(2-6-17)19(25)10-15-9-16(22(28)12-21(15)27)11-20(26)14-3-7-18(24)8-4-14/h1-9,12,27-28H,10-11,23-24H2. The fraction of sp³-hybridized carbons (Fsp3) is 0.0909. The van der Waals surface area contributed by atoms with Crippen LogP contribution in [0.3, 0.4) is 0 Å². The summed E-state index contributed by atoms with van der Waals surface area (Å²) < 4.78 is 0. The normalized spacial score (nSPS) is 10.6. The van der Waals surface area contributed by atoms with E-state index in [4.69, 9.17) is 11.5 Å². The Kier molecular flexibility index (Phi) is 5.31. The van der Waals surface area contributed by atoms with E-state index < -0.39 is 0 Å². The highest BCUT2D eigenvalue weighted by atomic mass is 16.3. The van der Waals surface area contributed by atoms with E-state index in [1.54, 1.807) is 48.5 Å². The van der Waals surface area contributed by atoms with Gasteiger partial charge in [0, 0.05) is 52.5 Å². The Labute approximate surface area is 162 Å². The van der Waals surface area contributed by atoms with Crippen LogP contribution in [0.5, 0.6) is 11.5 Å². The Bertz CT molecular complexity index is 945. The Morgan fingerprint density at radius 3 is 1.36 bits per heavy atom. The molecule has 0 aromatic heterocycles. The lowest BCUT2D eigenvalue weighted by atomic mass is 9.96. The van der Waals surface area contributed by atoms with Gasteiger partial charge in [0.1, 0.15) is 11.5 Å². The number of aromatic hydroxyl groups is 2. The highest BCUT2D eigenvalue weighted by Crippen LogP contribution is 2.29. The van der Waals surface area contributed by atoms with Crippen LogP contribution in [0.1, 0.15) is 31.8 Å². The minimum atomic E-state index is -0.211. The number of anilines is 2. The first-order valence-electron chi connectivity index (χ1n) is 8.64. The van der Waals surface area contributed by atoms with Gasteiger partial charge in [0.05, 0.1) is 0 Å². The highest BCUT2D eigenvalue weighted by molar-refractivity contribution is 5.99. The molecular formula is C22H20N2O4. The van der Waals surface area contributed by atoms with Gasteiger partial charge < -0.3 is 21.7 Å². The van der Waals surface area contributed by atoms with Gasteiger partial charge in [-0.05, 0) is 54.6 Å². The van der Waals surface area contributed by atoms with Crippen LogP contribution in [0, 0.1) is 0 Å². The molecule has 142 valence electrons. The number of Topliss-reactive ketones (excluding diaryl/α,β-unsaturated/α-hetero) is 2. The number of benzene rings is 3. The molecule has 6 nitrogen and oxygen atoms in total. The van der Waals surface area contributed by atoms with Crippen LogP contribution >= 0.6 is 0 Å². The molecular weight excluding hydrogens is 356 g/mol. The van der Waals surface area contributed by atoms with Crippen LogP contribution < -0.4 is 11.5 Å². The molecule has 3 rings (SSSR count). The molecule has 0 bridgehead atoms. The zero-order chi connectivity index (χ0) is 20.3. The minimum absolute atomic E-state index is 0.0703. The fourth-order valence-electron chi connectivity index (χ4n) is 2.84. The number of nitrogen functional groups attached to an aromatic ring is 2. The van der Waals surface area contributed by atoms with Gasteiger partial charge in [-0.15, -0.1) is 0 Å². The Morgan fingerprint density at radius 1 is 0.643 bits per heavy atom. The molecule has 3 aromatic carbocycles. The number of phenolic OH excluding ortho intramolecular Hbond substituents is 2. The highest BCUT2D eigenvalue weighted by Gasteiger charge is 2.16. The molecule has 0 atom stereocenters. The van der Waals surface area contributed by atoms with E-state index in [-0.39, 0.29) is 35.9 Å². The molecule has 6 N–H and O–H groups in total. The average molecular weight is 376 g/mol. The maximum Gasteiger partial charge on any atom is 0.167 e. The van der Waals surface area contributed by atoms with Crippen molar-refractivity contribution in [2.24, 2.45) is 0 Å². The molecule has 0 saturated carbocycles. The summed E-state index contributed by atoms with van der Waals surface area (Å²) in [6, 6.07) is 15.6. The van der Waals surface area contributed by atoms with Gasteiger partial charge in [0.25, 0.3) is 0 Å². The number of nitrogens with two attached hydrogens (primary N) is 2. The Balaban J connectivity index is 1.81. The zero-order valence-electron chi connectivity index (χ0n) is 15.1. The van der Waals surface area contributed by atoms with Crippen LogP contribution in [0.15, 0.2) is 60.7 Å². The molecule has 0 heterocycles. The quantitative estimate of drug-likeness (QED) is 0.387. The first kappa shape index (κ1) is 19.0. The van der Waals surface area contributed by atoms with Crippen molar-refractivity contribution in [3.63, 3.8) is 0 Å². The maximum atomic E-state index is 12.5. The molecule has 0 saturated heterocycles. The third-order valence-electron chi connectivity index (χ3n) is 4.45. The van der Waals surface area contributed by atoms with Crippen molar-refractivity contribution >= 4 is 22.9 Å². The fourth-order valence-corrected chi connectivity index (χ4v) is 2.84. The second-order valence-electron chi connectivity index (χ2n) is 6.55. The molecule has 6 heteroatoms. The third kappa shape index (κ3) is 4.29. The topological polar surface area (TPSA) is 127 Å². The van der Waals surface area contributed by atoms with E-state index in [0.29, 0.717) is 33.6 Å². The number of carbonyl (C=O) groups excluding carboxylic acids is 2. The number of rotatable bonds is 6. The summed E-state index contributed by atoms with van der Waals surface area (Å²) in [7, 11) is 0. The van der Waals surface area contributed by atoms with Crippen LogP contribution in [-0.4, -0.2) is 21.8 Å². The van der Waals surface area contributed by atoms with Gasteiger partial charge in [-0.25, -0.2) is 0 Å². The lowest BCUT2D eigenvalue weighted by Crippen LogP contribution is -2.07. The largest absolute Gasteiger partial charge is 0.508 e. The Hall–Kier alpha value is -3.80. The van der Waals surface area contributed by atoms with E-state index >= 15 is 0 Å². The first-order valence-corrected chi connectivity index (χ1v) is 8.64. The van der Waals surface area contributed by atoms with E-state index in [0.717, 1.165) is 6.07 Å². The number of hydrogen-bond donors (Lipinski definition) is 4. The molecule has 28 heavy (non-hydrogen) atoms. The third-order valence-corrected chi connectivity index (χ3v) is 4.45. The van der Waals surface area contributed by atoms with Crippen molar-refractivity contribution < 1.29 is 19.8 Å². The average Bonchev–Trinajstić information content (AvgIpc) is 2.66. The summed E-state index contributed by atoms with van der Waals surface area (Å²) in [6.45, 7) is 0. The van der Waals surface area contributed by atoms with Gasteiger partial charge >= 0.3 is 0 Å². The van der Waals surface area contributed by atoms with E-state index in [1.807, 2.05) is 0 Å². The second kappa shape index (κ2) is 7.84. The Morgan fingerprint density at radius 2 is 1.00 bits per heavy atom. The van der Waals surface area contributed by atoms with Gasteiger partial charge in [0.15, 0.2) is 11.6 Å². The van der Waals surface area contributed by atoms with Crippen molar-refractivity contribution in [2.45, 2.75) is 12.8 Å². The van der Waals surface area contributed by atoms with Crippen molar-refractivity contribution in [1.29, 1.82) is 0 Å². The van der Waals surface area contributed by atoms with Gasteiger partial charge in [-0.2, -0.15) is 0 Å². The lowest BCUT2D eigenvalue weighted by Gasteiger charge is -2.10. The second-order valence-corrected chi connectivity index (χ2v) is 6.55. The van der Waals surface area contributed by atoms with E-state index in [9.17, 15) is 19.8 Å². The van der Waals surface area contributed by atoms with Crippen LogP contribution in [0.25, 0.3) is 0 Å². The number of carbonyl (C=O) groups is 2. The van der Waals surface area contributed by atoms with E-state index in [1.165, 1.54) is 6.07 Å². The van der Waals surface area contributed by atoms with Crippen molar-refractivity contribution in [1.82, 2.24) is 0 Å². The minimum Gasteiger partial charge on any atom is -0.508 e. The molecule has 0 unspecified atom stereocenters. The van der Waals surface area contributed by atoms with Crippen LogP contribution in [0.2, 0.25) is 0 Å². The van der Waals surface area contributed by atoms with E-state index in [2.05, 4.69) is 0 Å². The lowest BCUT2D eigenvalue weighted by molar-refractivity contribution is 0.0986. The molecule has 0 aliphatic rings. The summed E-state index contributed by atoms with van der Waals surface area (Å²) in [4.78, 5) is 24.9. The maximum absolute atomic E-state index is 12.5. The molecule has 0 aliphatic heterocycles. The predicted molar refractivity (Wildman–Crippen MR) is 108 cm³/mol. The first-order chi connectivity index (χ1) is 13.3. The zero-order valence-corrected chi connectivity index (χ0v) is 15.1. The summed E-state index contributed by atoms with van der Waals surface area (Å²) in [6.07, 6.45) is -0.141. The molecule has 0 radical (unpaired) electrons. The summed E-state index contributed by atoms with van der Waals surface area (Å²) in [5, 5.41) is 20.2. The monoisotopic (exact) mass is 376 g/mol. The van der Waals surface area contributed by atoms with Gasteiger partial charge in [-0.3, -0.25) is 9.59 Å². The molecule has 0 spiro atoms. The van der Waals surface area contributed by atoms with Gasteiger partial charge in [0.2, 0.25) is 0 Å². The molecule has 0 amide bonds. The van der Waals surface area contributed by atoms with Crippen molar-refractivity contribution in [3.8, 4) is 11.5 Å². The predicted octanol–water partition coefficient (Wildman–Crippen LogP) is 3.11. The molecule has 0 aliphatic carbocycles. The van der Waals surface area contributed by atoms with Crippen molar-refractivity contribution in [2.75, 3.05) is 11.5 Å². The molecule has 0 fully saturated rings. The van der Waals surface area contributed by atoms with Gasteiger partial charge in [-0.1, -0.05) is 0 Å². The van der Waals surface area contributed by atoms with Crippen LogP contribution in [-0.2, 0) is 12.8 Å². The van der Waals surface area contributed by atoms with Crippen LogP contribution in [0.4, 0.5) is 11.4 Å². The summed E-state index contributed by atoms with van der Waals surface area (Å²) in [5.41, 5.74) is 13.9. The summed E-state index contributed by atoms with van der Waals surface area (Å²) >= 11 is 0.